The molecule has 0 atom stereocenters. The molecule has 0 heterocycles. The van der Waals surface area contributed by atoms with Crippen molar-refractivity contribution in [2.45, 2.75) is 13.8 Å². The lowest BCUT2D eigenvalue weighted by atomic mass is 9.93. The first-order valence-electron chi connectivity index (χ1n) is 5.99. The van der Waals surface area contributed by atoms with Crippen LogP contribution in [0.25, 0.3) is 0 Å². The van der Waals surface area contributed by atoms with Gasteiger partial charge in [0.05, 0.1) is 7.11 Å². The fourth-order valence-corrected chi connectivity index (χ4v) is 1.73. The number of ether oxygens (including phenoxy) is 1. The second-order valence-electron chi connectivity index (χ2n) is 5.26. The summed E-state index contributed by atoms with van der Waals surface area (Å²) in [6.45, 7) is 5.27. The molecule has 18 heavy (non-hydrogen) atoms. The normalized spacial score (nSPS) is 11.2. The topological polar surface area (TPSA) is 55.6 Å². The number of nitrogens with zero attached hydrogens (tertiary/aromatic N) is 1. The van der Waals surface area contributed by atoms with E-state index in [-0.39, 0.29) is 11.3 Å². The van der Waals surface area contributed by atoms with Gasteiger partial charge in [-0.3, -0.25) is 4.79 Å². The molecule has 0 aromatic heterocycles. The van der Waals surface area contributed by atoms with Gasteiger partial charge in [-0.05, 0) is 36.2 Å². The highest BCUT2D eigenvalue weighted by Gasteiger charge is 2.21. The monoisotopic (exact) mass is 250 g/mol. The first-order valence-corrected chi connectivity index (χ1v) is 5.99. The van der Waals surface area contributed by atoms with E-state index in [1.54, 1.807) is 43.3 Å². The summed E-state index contributed by atoms with van der Waals surface area (Å²) in [6.07, 6.45) is 0. The fourth-order valence-electron chi connectivity index (χ4n) is 1.73. The third kappa shape index (κ3) is 3.74. The van der Waals surface area contributed by atoms with Crippen molar-refractivity contribution in [2.75, 3.05) is 27.2 Å². The van der Waals surface area contributed by atoms with Crippen LogP contribution in [-0.2, 0) is 0 Å². The van der Waals surface area contributed by atoms with Gasteiger partial charge in [0.2, 0.25) is 0 Å². The van der Waals surface area contributed by atoms with Gasteiger partial charge in [0.1, 0.15) is 5.75 Å². The van der Waals surface area contributed by atoms with Crippen molar-refractivity contribution in [3.8, 4) is 5.75 Å². The Labute approximate surface area is 109 Å². The van der Waals surface area contributed by atoms with Crippen molar-refractivity contribution in [2.24, 2.45) is 11.1 Å². The third-order valence-electron chi connectivity index (χ3n) is 2.90. The van der Waals surface area contributed by atoms with Crippen molar-refractivity contribution in [1.82, 2.24) is 4.90 Å². The lowest BCUT2D eigenvalue weighted by Gasteiger charge is -2.29. The van der Waals surface area contributed by atoms with Crippen molar-refractivity contribution in [3.63, 3.8) is 0 Å². The first-order chi connectivity index (χ1) is 8.39. The summed E-state index contributed by atoms with van der Waals surface area (Å²) >= 11 is 0. The van der Waals surface area contributed by atoms with E-state index >= 15 is 0 Å². The molecule has 100 valence electrons. The molecule has 4 nitrogen and oxygen atoms in total. The minimum absolute atomic E-state index is 0.000761. The summed E-state index contributed by atoms with van der Waals surface area (Å²) in [7, 11) is 3.40. The first kappa shape index (κ1) is 14.5. The molecule has 1 aromatic carbocycles. The lowest BCUT2D eigenvalue weighted by Crippen LogP contribution is -2.39. The number of nitrogens with two attached hydrogens (primary N) is 1. The van der Waals surface area contributed by atoms with Crippen LogP contribution in [-0.4, -0.2) is 38.1 Å². The van der Waals surface area contributed by atoms with E-state index in [0.29, 0.717) is 18.7 Å². The Balaban J connectivity index is 2.74. The van der Waals surface area contributed by atoms with Crippen molar-refractivity contribution >= 4 is 5.91 Å². The predicted molar refractivity (Wildman–Crippen MR) is 72.8 cm³/mol. The minimum atomic E-state index is -0.0725. The van der Waals surface area contributed by atoms with Gasteiger partial charge in [-0.1, -0.05) is 13.8 Å². The highest BCUT2D eigenvalue weighted by molar-refractivity contribution is 5.94. The Morgan fingerprint density at radius 3 is 2.33 bits per heavy atom. The number of benzene rings is 1. The summed E-state index contributed by atoms with van der Waals surface area (Å²) in [6, 6.07) is 7.12. The van der Waals surface area contributed by atoms with Gasteiger partial charge in [0, 0.05) is 19.2 Å². The van der Waals surface area contributed by atoms with Gasteiger partial charge in [-0.15, -0.1) is 0 Å². The van der Waals surface area contributed by atoms with E-state index in [4.69, 9.17) is 10.5 Å². The maximum absolute atomic E-state index is 12.2. The lowest BCUT2D eigenvalue weighted by molar-refractivity contribution is 0.0740. The van der Waals surface area contributed by atoms with Gasteiger partial charge in [0.15, 0.2) is 0 Å². The van der Waals surface area contributed by atoms with Gasteiger partial charge >= 0.3 is 0 Å². The SMILES string of the molecule is COc1ccc(C(=O)N(C)CC(C)(C)CN)cc1. The summed E-state index contributed by atoms with van der Waals surface area (Å²) in [4.78, 5) is 13.9. The number of methoxy groups -OCH3 is 1. The Morgan fingerprint density at radius 2 is 1.89 bits per heavy atom. The van der Waals surface area contributed by atoms with E-state index in [2.05, 4.69) is 0 Å². The van der Waals surface area contributed by atoms with Gasteiger partial charge in [0.25, 0.3) is 5.91 Å². The van der Waals surface area contributed by atoms with Crippen LogP contribution in [0.3, 0.4) is 0 Å². The molecule has 2 N–H and O–H groups in total. The van der Waals surface area contributed by atoms with Crippen molar-refractivity contribution in [3.05, 3.63) is 29.8 Å². The van der Waals surface area contributed by atoms with Gasteiger partial charge in [-0.25, -0.2) is 0 Å². The summed E-state index contributed by atoms with van der Waals surface area (Å²) < 4.78 is 5.07. The number of amides is 1. The van der Waals surface area contributed by atoms with E-state index in [1.165, 1.54) is 0 Å². The van der Waals surface area contributed by atoms with Crippen LogP contribution in [0.15, 0.2) is 24.3 Å². The number of carbonyl (C=O) groups excluding carboxylic acids is 1. The molecule has 0 saturated heterocycles. The van der Waals surface area contributed by atoms with E-state index in [9.17, 15) is 4.79 Å². The zero-order valence-corrected chi connectivity index (χ0v) is 11.6. The van der Waals surface area contributed by atoms with Gasteiger partial charge in [-0.2, -0.15) is 0 Å². The number of carbonyl (C=O) groups is 1. The van der Waals surface area contributed by atoms with Crippen LogP contribution < -0.4 is 10.5 Å². The van der Waals surface area contributed by atoms with Crippen LogP contribution in [0, 0.1) is 5.41 Å². The minimum Gasteiger partial charge on any atom is -0.497 e. The van der Waals surface area contributed by atoms with Crippen LogP contribution in [0.4, 0.5) is 0 Å². The molecule has 1 amide bonds. The largest absolute Gasteiger partial charge is 0.497 e. The van der Waals surface area contributed by atoms with Crippen molar-refractivity contribution in [1.29, 1.82) is 0 Å². The molecule has 1 aromatic rings. The van der Waals surface area contributed by atoms with Crippen LogP contribution in [0.5, 0.6) is 5.75 Å². The molecule has 0 saturated carbocycles. The average molecular weight is 250 g/mol. The molecule has 1 rings (SSSR count). The molecule has 0 aliphatic rings. The average Bonchev–Trinajstić information content (AvgIpc) is 2.37. The Bertz CT molecular complexity index is 399. The molecule has 4 heteroatoms. The smallest absolute Gasteiger partial charge is 0.253 e. The van der Waals surface area contributed by atoms with E-state index in [1.807, 2.05) is 13.8 Å². The molecular weight excluding hydrogens is 228 g/mol. The maximum atomic E-state index is 12.2. The Hall–Kier alpha value is -1.55. The predicted octanol–water partition coefficient (Wildman–Crippen LogP) is 1.75. The molecule has 0 aliphatic carbocycles. The molecule has 0 fully saturated rings. The highest BCUT2D eigenvalue weighted by atomic mass is 16.5. The highest BCUT2D eigenvalue weighted by Crippen LogP contribution is 2.17. The zero-order valence-electron chi connectivity index (χ0n) is 11.6. The Kier molecular flexibility index (Phi) is 4.73. The fraction of sp³-hybridized carbons (Fsp3) is 0.500. The number of rotatable bonds is 5. The van der Waals surface area contributed by atoms with Crippen molar-refractivity contribution < 1.29 is 9.53 Å². The van der Waals surface area contributed by atoms with Crippen LogP contribution in [0.1, 0.15) is 24.2 Å². The molecule has 0 unspecified atom stereocenters. The van der Waals surface area contributed by atoms with Crippen LogP contribution >= 0.6 is 0 Å². The van der Waals surface area contributed by atoms with E-state index < -0.39 is 0 Å². The second-order valence-corrected chi connectivity index (χ2v) is 5.26. The molecule has 0 aliphatic heterocycles. The Morgan fingerprint density at radius 1 is 1.33 bits per heavy atom. The molecule has 0 radical (unpaired) electrons. The summed E-state index contributed by atoms with van der Waals surface area (Å²) in [5.41, 5.74) is 6.26. The second kappa shape index (κ2) is 5.87. The van der Waals surface area contributed by atoms with Crippen LogP contribution in [0.2, 0.25) is 0 Å². The van der Waals surface area contributed by atoms with Gasteiger partial charge < -0.3 is 15.4 Å². The zero-order chi connectivity index (χ0) is 13.8. The summed E-state index contributed by atoms with van der Waals surface area (Å²) in [5.74, 6) is 0.746. The molecule has 0 spiro atoms. The molecule has 0 bridgehead atoms. The molecular formula is C14H22N2O2. The van der Waals surface area contributed by atoms with E-state index in [0.717, 1.165) is 5.75 Å². The number of hydrogen-bond acceptors (Lipinski definition) is 3. The number of hydrogen-bond donors (Lipinski definition) is 1. The quantitative estimate of drug-likeness (QED) is 0.866. The standard InChI is InChI=1S/C14H22N2O2/c1-14(2,9-15)10-16(3)13(17)11-5-7-12(18-4)8-6-11/h5-8H,9-10,15H2,1-4H3. The maximum Gasteiger partial charge on any atom is 0.253 e. The summed E-state index contributed by atoms with van der Waals surface area (Å²) in [5, 5.41) is 0. The third-order valence-corrected chi connectivity index (χ3v) is 2.90.